The maximum Gasteiger partial charge on any atom is 0.317 e. The largest absolute Gasteiger partial charge is 0.467 e. The van der Waals surface area contributed by atoms with Gasteiger partial charge in [-0.05, 0) is 49.5 Å². The molecule has 1 fully saturated rings. The fraction of sp³-hybridized carbons (Fsp3) is 0.526. The van der Waals surface area contributed by atoms with Crippen molar-refractivity contribution in [2.24, 2.45) is 0 Å². The van der Waals surface area contributed by atoms with E-state index in [0.717, 1.165) is 18.8 Å². The highest BCUT2D eigenvalue weighted by molar-refractivity contribution is 7.10. The van der Waals surface area contributed by atoms with Crippen LogP contribution in [0.25, 0.3) is 0 Å². The summed E-state index contributed by atoms with van der Waals surface area (Å²) in [6.45, 7) is 4.26. The fourth-order valence-electron chi connectivity index (χ4n) is 3.28. The van der Waals surface area contributed by atoms with Crippen LogP contribution in [0.5, 0.6) is 0 Å². The lowest BCUT2D eigenvalue weighted by Crippen LogP contribution is -2.44. The van der Waals surface area contributed by atoms with E-state index in [2.05, 4.69) is 27.7 Å². The van der Waals surface area contributed by atoms with Gasteiger partial charge in [0, 0.05) is 25.1 Å². The van der Waals surface area contributed by atoms with Crippen molar-refractivity contribution in [3.05, 3.63) is 46.5 Å². The summed E-state index contributed by atoms with van der Waals surface area (Å²) in [4.78, 5) is 18.3. The van der Waals surface area contributed by atoms with Crippen LogP contribution in [0, 0.1) is 0 Å². The quantitative estimate of drug-likeness (QED) is 0.728. The van der Waals surface area contributed by atoms with Crippen molar-refractivity contribution >= 4 is 17.4 Å². The third kappa shape index (κ3) is 5.09. The van der Waals surface area contributed by atoms with Crippen LogP contribution >= 0.6 is 11.3 Å². The van der Waals surface area contributed by atoms with Gasteiger partial charge in [0.25, 0.3) is 0 Å². The predicted molar refractivity (Wildman–Crippen MR) is 102 cm³/mol. The second-order valence-corrected chi connectivity index (χ2v) is 7.43. The Morgan fingerprint density at radius 1 is 1.38 bits per heavy atom. The summed E-state index contributed by atoms with van der Waals surface area (Å²) >= 11 is 1.75. The first kappa shape index (κ1) is 18.9. The molecule has 0 saturated carbocycles. The number of rotatable bonds is 9. The summed E-state index contributed by atoms with van der Waals surface area (Å²) < 4.78 is 10.5. The van der Waals surface area contributed by atoms with Gasteiger partial charge < -0.3 is 19.4 Å². The van der Waals surface area contributed by atoms with Gasteiger partial charge in [0.1, 0.15) is 5.76 Å². The van der Waals surface area contributed by atoms with Gasteiger partial charge in [0.15, 0.2) is 0 Å². The average molecular weight is 378 g/mol. The van der Waals surface area contributed by atoms with Crippen LogP contribution in [-0.2, 0) is 11.3 Å². The molecule has 1 unspecified atom stereocenters. The van der Waals surface area contributed by atoms with Gasteiger partial charge in [-0.25, -0.2) is 4.79 Å². The number of hydrogen-bond acceptors (Lipinski definition) is 5. The highest BCUT2D eigenvalue weighted by atomic mass is 32.1. The number of nitrogens with zero attached hydrogens (tertiary/aromatic N) is 2. The second-order valence-electron chi connectivity index (χ2n) is 6.45. The molecule has 0 bridgehead atoms. The van der Waals surface area contributed by atoms with Crippen LogP contribution in [0.2, 0.25) is 0 Å². The number of thiophene rings is 1. The summed E-state index contributed by atoms with van der Waals surface area (Å²) in [6.07, 6.45) is 4.09. The Bertz CT molecular complexity index is 639. The number of carbonyl (C=O) groups is 1. The molecule has 0 aromatic carbocycles. The molecular formula is C19H27N3O3S. The van der Waals surface area contributed by atoms with Crippen LogP contribution in [0.1, 0.15) is 29.5 Å². The number of hydrogen-bond donors (Lipinski definition) is 1. The maximum absolute atomic E-state index is 12.8. The Labute approximate surface area is 158 Å². The van der Waals surface area contributed by atoms with Gasteiger partial charge in [-0.3, -0.25) is 4.90 Å². The molecule has 1 N–H and O–H groups in total. The number of amides is 2. The van der Waals surface area contributed by atoms with Gasteiger partial charge in [0.2, 0.25) is 0 Å². The van der Waals surface area contributed by atoms with Crippen LogP contribution in [0.15, 0.2) is 40.3 Å². The first-order chi connectivity index (χ1) is 12.8. The number of likely N-dealkylation sites (tertiary alicyclic amines) is 1. The highest BCUT2D eigenvalue weighted by Crippen LogP contribution is 2.27. The van der Waals surface area contributed by atoms with E-state index in [4.69, 9.17) is 9.15 Å². The number of furan rings is 1. The summed E-state index contributed by atoms with van der Waals surface area (Å²) in [5, 5.41) is 5.22. The molecule has 1 aliphatic rings. The third-order valence-electron chi connectivity index (χ3n) is 4.68. The zero-order chi connectivity index (χ0) is 18.2. The van der Waals surface area contributed by atoms with Crippen LogP contribution in [0.4, 0.5) is 4.79 Å². The minimum absolute atomic E-state index is 0.0841. The number of methoxy groups -OCH3 is 1. The normalized spacial score (nSPS) is 15.9. The van der Waals surface area contributed by atoms with Crippen molar-refractivity contribution in [1.82, 2.24) is 15.1 Å². The second kappa shape index (κ2) is 9.75. The van der Waals surface area contributed by atoms with Crippen molar-refractivity contribution in [3.63, 3.8) is 0 Å². The molecule has 0 aliphatic carbocycles. The molecule has 2 aromatic rings. The molecular weight excluding hydrogens is 350 g/mol. The van der Waals surface area contributed by atoms with Crippen molar-refractivity contribution in [3.8, 4) is 0 Å². The minimum Gasteiger partial charge on any atom is -0.467 e. The SMILES string of the molecule is COCCN(Cc1ccco1)C(=O)NCC(c1cccs1)N1CCCC1. The number of nitrogens with one attached hydrogen (secondary N) is 1. The monoisotopic (exact) mass is 377 g/mol. The Kier molecular flexibility index (Phi) is 7.11. The third-order valence-corrected chi connectivity index (χ3v) is 5.65. The molecule has 3 rings (SSSR count). The lowest BCUT2D eigenvalue weighted by Gasteiger charge is -2.28. The van der Waals surface area contributed by atoms with Gasteiger partial charge >= 0.3 is 6.03 Å². The summed E-state index contributed by atoms with van der Waals surface area (Å²) in [6, 6.07) is 8.11. The van der Waals surface area contributed by atoms with E-state index < -0.39 is 0 Å². The molecule has 6 nitrogen and oxygen atoms in total. The van der Waals surface area contributed by atoms with Crippen molar-refractivity contribution < 1.29 is 13.9 Å². The summed E-state index contributed by atoms with van der Waals surface area (Å²) in [7, 11) is 1.64. The molecule has 0 spiro atoms. The van der Waals surface area contributed by atoms with Gasteiger partial charge in [-0.2, -0.15) is 0 Å². The van der Waals surface area contributed by atoms with Crippen LogP contribution in [-0.4, -0.2) is 55.7 Å². The number of urea groups is 1. The maximum atomic E-state index is 12.8. The number of ether oxygens (including phenoxy) is 1. The van der Waals surface area contributed by atoms with E-state index in [0.29, 0.717) is 26.2 Å². The molecule has 2 amide bonds. The van der Waals surface area contributed by atoms with E-state index >= 15 is 0 Å². The van der Waals surface area contributed by atoms with Gasteiger partial charge in [-0.1, -0.05) is 6.07 Å². The Morgan fingerprint density at radius 3 is 2.88 bits per heavy atom. The van der Waals surface area contributed by atoms with Crippen molar-refractivity contribution in [1.29, 1.82) is 0 Å². The van der Waals surface area contributed by atoms with Crippen LogP contribution in [0.3, 0.4) is 0 Å². The lowest BCUT2D eigenvalue weighted by molar-refractivity contribution is 0.140. The zero-order valence-electron chi connectivity index (χ0n) is 15.2. The fourth-order valence-corrected chi connectivity index (χ4v) is 4.14. The Balaban J connectivity index is 1.61. The smallest absolute Gasteiger partial charge is 0.317 e. The standard InChI is InChI=1S/C19H27N3O3S/c1-24-12-10-22(15-16-6-4-11-25-16)19(23)20-14-17(18-7-5-13-26-18)21-8-2-3-9-21/h4-7,11,13,17H,2-3,8-10,12,14-15H2,1H3,(H,20,23). The van der Waals surface area contributed by atoms with Crippen molar-refractivity contribution in [2.75, 3.05) is 39.9 Å². The Hall–Kier alpha value is -1.83. The molecule has 2 aromatic heterocycles. The van der Waals surface area contributed by atoms with Gasteiger partial charge in [0.05, 0.1) is 25.5 Å². The van der Waals surface area contributed by atoms with Crippen molar-refractivity contribution in [2.45, 2.75) is 25.4 Å². The topological polar surface area (TPSA) is 58.0 Å². The molecule has 1 aliphatic heterocycles. The highest BCUT2D eigenvalue weighted by Gasteiger charge is 2.25. The lowest BCUT2D eigenvalue weighted by atomic mass is 10.2. The molecule has 3 heterocycles. The predicted octanol–water partition coefficient (Wildman–Crippen LogP) is 3.34. The number of carbonyl (C=O) groups excluding carboxylic acids is 1. The first-order valence-electron chi connectivity index (χ1n) is 9.09. The minimum atomic E-state index is -0.0841. The van der Waals surface area contributed by atoms with E-state index in [1.165, 1.54) is 17.7 Å². The molecule has 1 atom stereocenters. The van der Waals surface area contributed by atoms with E-state index in [9.17, 15) is 4.79 Å². The van der Waals surface area contributed by atoms with E-state index in [1.54, 1.807) is 29.6 Å². The molecule has 1 saturated heterocycles. The molecule has 26 heavy (non-hydrogen) atoms. The van der Waals surface area contributed by atoms with Gasteiger partial charge in [-0.15, -0.1) is 11.3 Å². The molecule has 0 radical (unpaired) electrons. The summed E-state index contributed by atoms with van der Waals surface area (Å²) in [5.41, 5.74) is 0. The Morgan fingerprint density at radius 2 is 2.23 bits per heavy atom. The van der Waals surface area contributed by atoms with E-state index in [1.807, 2.05) is 12.1 Å². The molecule has 7 heteroatoms. The summed E-state index contributed by atoms with van der Waals surface area (Å²) in [5.74, 6) is 0.769. The van der Waals surface area contributed by atoms with Crippen LogP contribution < -0.4 is 5.32 Å². The first-order valence-corrected chi connectivity index (χ1v) is 9.97. The molecule has 142 valence electrons. The zero-order valence-corrected chi connectivity index (χ0v) is 16.0. The van der Waals surface area contributed by atoms with E-state index in [-0.39, 0.29) is 12.1 Å². The average Bonchev–Trinajstić information content (AvgIpc) is 3.42.